The van der Waals surface area contributed by atoms with Gasteiger partial charge in [0.2, 0.25) is 16.0 Å². The zero-order chi connectivity index (χ0) is 22.1. The second-order valence-corrected chi connectivity index (χ2v) is 8.09. The highest BCUT2D eigenvalue weighted by molar-refractivity contribution is 7.89. The second-order valence-electron chi connectivity index (χ2n) is 6.41. The molecule has 166 valence electrons. The van der Waals surface area contributed by atoms with Crippen molar-refractivity contribution in [2.24, 2.45) is 0 Å². The molecule has 1 atom stereocenters. The number of hydrogen-bond acceptors (Lipinski definition) is 5. The van der Waals surface area contributed by atoms with Gasteiger partial charge in [-0.1, -0.05) is 30.3 Å². The molecule has 2 aromatic carbocycles. The summed E-state index contributed by atoms with van der Waals surface area (Å²) in [7, 11) is -4.53. The van der Waals surface area contributed by atoms with Crippen molar-refractivity contribution in [3.8, 4) is 22.3 Å². The van der Waals surface area contributed by atoms with E-state index in [1.807, 2.05) is 0 Å². The van der Waals surface area contributed by atoms with Crippen LogP contribution in [-0.2, 0) is 10.0 Å². The Kier molecular flexibility index (Phi) is 7.29. The molecular weight excluding hydrogens is 456 g/mol. The number of benzene rings is 2. The van der Waals surface area contributed by atoms with Gasteiger partial charge in [-0.05, 0) is 24.6 Å². The predicted octanol–water partition coefficient (Wildman–Crippen LogP) is 3.87. The molecule has 0 saturated carbocycles. The number of hydrogen-bond donors (Lipinski definition) is 2. The zero-order valence-electron chi connectivity index (χ0n) is 16.0. The van der Waals surface area contributed by atoms with Crippen molar-refractivity contribution in [2.75, 3.05) is 5.73 Å². The molecular formula is C19H18F4N4O2S2. The van der Waals surface area contributed by atoms with E-state index < -0.39 is 33.0 Å². The van der Waals surface area contributed by atoms with Crippen LogP contribution < -0.4 is 10.5 Å². The smallest absolute Gasteiger partial charge is 0.368 e. The Balaban J connectivity index is 0.00000341. The van der Waals surface area contributed by atoms with Gasteiger partial charge in [-0.2, -0.15) is 31.4 Å². The molecule has 0 fully saturated rings. The maximum atomic E-state index is 14.7. The van der Waals surface area contributed by atoms with Gasteiger partial charge < -0.3 is 5.73 Å². The van der Waals surface area contributed by atoms with E-state index in [4.69, 9.17) is 5.73 Å². The van der Waals surface area contributed by atoms with Gasteiger partial charge in [-0.3, -0.25) is 0 Å². The maximum absolute atomic E-state index is 14.7. The lowest BCUT2D eigenvalue weighted by molar-refractivity contribution is -0.147. The molecule has 3 N–H and O–H groups in total. The molecule has 1 aromatic heterocycles. The summed E-state index contributed by atoms with van der Waals surface area (Å²) in [6.45, 7) is 0.698. The van der Waals surface area contributed by atoms with E-state index in [0.717, 1.165) is 12.1 Å². The third-order valence-corrected chi connectivity index (χ3v) is 5.86. The number of alkyl halides is 3. The Hall–Kier alpha value is -2.70. The fourth-order valence-electron chi connectivity index (χ4n) is 2.70. The summed E-state index contributed by atoms with van der Waals surface area (Å²) in [6, 6.07) is 7.06. The summed E-state index contributed by atoms with van der Waals surface area (Å²) in [5, 5.41) is 0. The molecule has 0 amide bonds. The van der Waals surface area contributed by atoms with Crippen LogP contribution in [0.2, 0.25) is 0 Å². The zero-order valence-corrected chi connectivity index (χ0v) is 17.8. The highest BCUT2D eigenvalue weighted by Gasteiger charge is 2.39. The minimum absolute atomic E-state index is 0. The predicted molar refractivity (Wildman–Crippen MR) is 113 cm³/mol. The number of rotatable bonds is 5. The van der Waals surface area contributed by atoms with Gasteiger partial charge in [0.25, 0.3) is 0 Å². The van der Waals surface area contributed by atoms with Crippen molar-refractivity contribution < 1.29 is 26.0 Å². The molecule has 12 heteroatoms. The molecule has 0 saturated heterocycles. The van der Waals surface area contributed by atoms with Crippen LogP contribution >= 0.6 is 13.5 Å². The second kappa shape index (κ2) is 9.20. The Morgan fingerprint density at radius 3 is 2.19 bits per heavy atom. The van der Waals surface area contributed by atoms with E-state index in [2.05, 4.69) is 9.97 Å². The average Bonchev–Trinajstić information content (AvgIpc) is 2.68. The fourth-order valence-corrected chi connectivity index (χ4v) is 4.16. The lowest BCUT2D eigenvalue weighted by atomic mass is 10.0. The van der Waals surface area contributed by atoms with E-state index in [1.54, 1.807) is 4.72 Å². The quantitative estimate of drug-likeness (QED) is 0.547. The van der Waals surface area contributed by atoms with E-state index >= 15 is 0 Å². The minimum atomic E-state index is -4.75. The molecule has 3 aromatic rings. The number of anilines is 1. The molecule has 1 heterocycles. The number of sulfonamides is 1. The monoisotopic (exact) mass is 474 g/mol. The third-order valence-electron chi connectivity index (χ3n) is 4.26. The molecule has 0 aliphatic carbocycles. The van der Waals surface area contributed by atoms with Crippen molar-refractivity contribution in [1.29, 1.82) is 0 Å². The lowest BCUT2D eigenvalue weighted by Gasteiger charge is -2.19. The summed E-state index contributed by atoms with van der Waals surface area (Å²) >= 11 is 0. The van der Waals surface area contributed by atoms with Crippen molar-refractivity contribution >= 4 is 29.5 Å². The number of nitrogens with one attached hydrogen (secondary N) is 1. The van der Waals surface area contributed by atoms with Gasteiger partial charge in [0.1, 0.15) is 11.9 Å². The Labute approximate surface area is 183 Å². The first-order valence-corrected chi connectivity index (χ1v) is 10.0. The van der Waals surface area contributed by atoms with Gasteiger partial charge in [0, 0.05) is 29.1 Å². The van der Waals surface area contributed by atoms with Crippen LogP contribution in [0.15, 0.2) is 59.8 Å². The Morgan fingerprint density at radius 2 is 1.61 bits per heavy atom. The number of nitrogens with two attached hydrogens (primary N) is 1. The van der Waals surface area contributed by atoms with Gasteiger partial charge in [-0.25, -0.2) is 22.8 Å². The first kappa shape index (κ1) is 24.6. The molecule has 0 radical (unpaired) electrons. The normalized spacial score (nSPS) is 12.8. The van der Waals surface area contributed by atoms with Crippen LogP contribution in [0.3, 0.4) is 0 Å². The molecule has 0 bridgehead atoms. The Bertz CT molecular complexity index is 1170. The first-order chi connectivity index (χ1) is 14.0. The molecule has 0 aliphatic rings. The summed E-state index contributed by atoms with van der Waals surface area (Å²) in [5.41, 5.74) is 6.15. The fraction of sp³-hybridized carbons (Fsp3) is 0.158. The van der Waals surface area contributed by atoms with E-state index in [1.165, 1.54) is 42.7 Å². The highest BCUT2D eigenvalue weighted by atomic mass is 32.2. The SMILES string of the molecule is C[C@H](NS(=O)(=O)c1ccccc1-c1ccc(-c2cnc(N)nc2)c(F)c1)C(F)(F)F.S. The molecule has 3 rings (SSSR count). The van der Waals surface area contributed by atoms with Crippen molar-refractivity contribution in [1.82, 2.24) is 14.7 Å². The van der Waals surface area contributed by atoms with Gasteiger partial charge >= 0.3 is 6.18 Å². The largest absolute Gasteiger partial charge is 0.404 e. The van der Waals surface area contributed by atoms with Crippen LogP contribution in [0.25, 0.3) is 22.3 Å². The topological polar surface area (TPSA) is 98.0 Å². The van der Waals surface area contributed by atoms with Crippen LogP contribution in [0, 0.1) is 5.82 Å². The van der Waals surface area contributed by atoms with Crippen molar-refractivity contribution in [2.45, 2.75) is 24.0 Å². The van der Waals surface area contributed by atoms with E-state index in [-0.39, 0.29) is 36.1 Å². The molecule has 31 heavy (non-hydrogen) atoms. The van der Waals surface area contributed by atoms with Gasteiger partial charge in [0.15, 0.2) is 0 Å². The van der Waals surface area contributed by atoms with E-state index in [9.17, 15) is 26.0 Å². The number of nitrogens with zero attached hydrogens (tertiary/aromatic N) is 2. The van der Waals surface area contributed by atoms with E-state index in [0.29, 0.717) is 12.5 Å². The maximum Gasteiger partial charge on any atom is 0.404 e. The summed E-state index contributed by atoms with van der Waals surface area (Å²) in [6.07, 6.45) is -2.08. The molecule has 0 aliphatic heterocycles. The highest BCUT2D eigenvalue weighted by Crippen LogP contribution is 2.32. The number of halogens is 4. The lowest BCUT2D eigenvalue weighted by Crippen LogP contribution is -2.43. The molecule has 0 spiro atoms. The minimum Gasteiger partial charge on any atom is -0.368 e. The number of nitrogen functional groups attached to an aromatic ring is 1. The van der Waals surface area contributed by atoms with Crippen molar-refractivity contribution in [3.63, 3.8) is 0 Å². The third kappa shape index (κ3) is 5.51. The Morgan fingerprint density at radius 1 is 1.00 bits per heavy atom. The van der Waals surface area contributed by atoms with Crippen molar-refractivity contribution in [3.05, 3.63) is 60.7 Å². The van der Waals surface area contributed by atoms with Crippen LogP contribution in [-0.4, -0.2) is 30.6 Å². The molecule has 0 unspecified atom stereocenters. The van der Waals surface area contributed by atoms with Gasteiger partial charge in [0.05, 0.1) is 4.90 Å². The molecule has 6 nitrogen and oxygen atoms in total. The standard InChI is InChI=1S/C19H16F4N4O2S.H2S/c1-11(19(21,22)23)27-30(28,29)17-5-3-2-4-15(17)12-6-7-14(16(20)8-12)13-9-25-18(24)26-10-13;/h2-11,27H,1H3,(H2,24,25,26);1H2/t11-;/m0./s1. The van der Waals surface area contributed by atoms with Crippen LogP contribution in [0.4, 0.5) is 23.5 Å². The summed E-state index contributed by atoms with van der Waals surface area (Å²) in [4.78, 5) is 7.18. The average molecular weight is 475 g/mol. The first-order valence-electron chi connectivity index (χ1n) is 8.55. The van der Waals surface area contributed by atoms with Gasteiger partial charge in [-0.15, -0.1) is 0 Å². The summed E-state index contributed by atoms with van der Waals surface area (Å²) < 4.78 is 79.9. The number of aromatic nitrogens is 2. The summed E-state index contributed by atoms with van der Waals surface area (Å²) in [5.74, 6) is -0.666. The van der Waals surface area contributed by atoms with Crippen LogP contribution in [0.5, 0.6) is 0 Å². The van der Waals surface area contributed by atoms with Crippen LogP contribution in [0.1, 0.15) is 6.92 Å².